The van der Waals surface area contributed by atoms with Gasteiger partial charge in [-0.1, -0.05) is 6.92 Å². The zero-order valence-electron chi connectivity index (χ0n) is 8.24. The molecule has 0 radical (unpaired) electrons. The second-order valence-electron chi connectivity index (χ2n) is 3.01. The number of nitrogens with zero attached hydrogens (tertiary/aromatic N) is 1. The normalized spacial score (nSPS) is 12.2. The first-order valence-electron chi connectivity index (χ1n) is 4.39. The van der Waals surface area contributed by atoms with Crippen LogP contribution in [0.5, 0.6) is 0 Å². The van der Waals surface area contributed by atoms with E-state index >= 15 is 0 Å². The molecule has 6 heteroatoms. The number of hydrazine groups is 1. The topological polar surface area (TPSA) is 68.0 Å². The van der Waals surface area contributed by atoms with Gasteiger partial charge < -0.3 is 0 Å². The average Bonchev–Trinajstić information content (AvgIpc) is 2.26. The van der Waals surface area contributed by atoms with E-state index in [0.717, 1.165) is 9.50 Å². The number of carbonyl (C=O) groups excluding carboxylic acids is 1. The van der Waals surface area contributed by atoms with Gasteiger partial charge in [0.05, 0.1) is 0 Å². The summed E-state index contributed by atoms with van der Waals surface area (Å²) in [4.78, 5) is 15.3. The first kappa shape index (κ1) is 12.5. The van der Waals surface area contributed by atoms with Crippen molar-refractivity contribution in [3.63, 3.8) is 0 Å². The lowest BCUT2D eigenvalue weighted by atomic mass is 10.2. The summed E-state index contributed by atoms with van der Waals surface area (Å²) in [5, 5.41) is 0.883. The number of hydrogen-bond donors (Lipinski definition) is 2. The van der Waals surface area contributed by atoms with Gasteiger partial charge in [0, 0.05) is 22.3 Å². The maximum atomic E-state index is 11.1. The van der Waals surface area contributed by atoms with Crippen LogP contribution in [0.25, 0.3) is 0 Å². The Morgan fingerprint density at radius 1 is 1.80 bits per heavy atom. The summed E-state index contributed by atoms with van der Waals surface area (Å²) in [5.41, 5.74) is 2.13. The molecule has 3 N–H and O–H groups in total. The number of nitrogens with one attached hydrogen (secondary N) is 1. The van der Waals surface area contributed by atoms with Crippen LogP contribution in [0.4, 0.5) is 0 Å². The van der Waals surface area contributed by atoms with E-state index in [0.29, 0.717) is 5.75 Å². The maximum Gasteiger partial charge on any atom is 0.237 e. The SMILES string of the molecule is CC(CSc1ncccc1Br)C(=O)NN. The third-order valence-corrected chi connectivity index (χ3v) is 3.95. The number of pyridine rings is 1. The molecule has 1 rings (SSSR count). The zero-order valence-corrected chi connectivity index (χ0v) is 10.6. The number of amides is 1. The van der Waals surface area contributed by atoms with Crippen LogP contribution in [0.3, 0.4) is 0 Å². The number of thioether (sulfide) groups is 1. The molecule has 1 atom stereocenters. The van der Waals surface area contributed by atoms with E-state index in [9.17, 15) is 4.79 Å². The molecule has 0 saturated heterocycles. The molecule has 1 amide bonds. The van der Waals surface area contributed by atoms with Gasteiger partial charge in [-0.25, -0.2) is 10.8 Å². The van der Waals surface area contributed by atoms with Crippen LogP contribution in [0.15, 0.2) is 27.8 Å². The van der Waals surface area contributed by atoms with Crippen molar-refractivity contribution >= 4 is 33.6 Å². The number of rotatable bonds is 4. The van der Waals surface area contributed by atoms with Gasteiger partial charge in [-0.05, 0) is 28.1 Å². The lowest BCUT2D eigenvalue weighted by Crippen LogP contribution is -2.35. The van der Waals surface area contributed by atoms with Crippen molar-refractivity contribution in [3.05, 3.63) is 22.8 Å². The molecular weight excluding hydrogens is 278 g/mol. The van der Waals surface area contributed by atoms with Crippen LogP contribution in [0.2, 0.25) is 0 Å². The van der Waals surface area contributed by atoms with Crippen molar-refractivity contribution in [3.8, 4) is 0 Å². The first-order valence-corrected chi connectivity index (χ1v) is 6.16. The Hall–Kier alpha value is -0.590. The smallest absolute Gasteiger partial charge is 0.237 e. The standard InChI is InChI=1S/C9H12BrN3OS/c1-6(8(14)13-11)5-15-9-7(10)3-2-4-12-9/h2-4,6H,5,11H2,1H3,(H,13,14). The summed E-state index contributed by atoms with van der Waals surface area (Å²) < 4.78 is 0.940. The molecule has 0 aliphatic rings. The van der Waals surface area contributed by atoms with E-state index in [1.807, 2.05) is 19.1 Å². The van der Waals surface area contributed by atoms with Gasteiger partial charge in [0.2, 0.25) is 5.91 Å². The fourth-order valence-corrected chi connectivity index (χ4v) is 2.40. The van der Waals surface area contributed by atoms with E-state index in [4.69, 9.17) is 5.84 Å². The third-order valence-electron chi connectivity index (χ3n) is 1.78. The van der Waals surface area contributed by atoms with Crippen molar-refractivity contribution in [2.75, 3.05) is 5.75 Å². The largest absolute Gasteiger partial charge is 0.294 e. The molecular formula is C9H12BrN3OS. The number of nitrogens with two attached hydrogens (primary N) is 1. The highest BCUT2D eigenvalue weighted by Crippen LogP contribution is 2.26. The Morgan fingerprint density at radius 2 is 2.53 bits per heavy atom. The Kier molecular flexibility index (Phi) is 5.07. The van der Waals surface area contributed by atoms with Crippen LogP contribution < -0.4 is 11.3 Å². The summed E-state index contributed by atoms with van der Waals surface area (Å²) in [6, 6.07) is 3.77. The lowest BCUT2D eigenvalue weighted by Gasteiger charge is -2.08. The van der Waals surface area contributed by atoms with E-state index in [1.54, 1.807) is 6.20 Å². The minimum Gasteiger partial charge on any atom is -0.294 e. The molecule has 1 heterocycles. The Labute approximate surface area is 101 Å². The highest BCUT2D eigenvalue weighted by Gasteiger charge is 2.12. The number of aromatic nitrogens is 1. The molecule has 0 fully saturated rings. The molecule has 0 aliphatic carbocycles. The van der Waals surface area contributed by atoms with E-state index in [-0.39, 0.29) is 11.8 Å². The summed E-state index contributed by atoms with van der Waals surface area (Å²) >= 11 is 4.92. The fourth-order valence-electron chi connectivity index (χ4n) is 0.899. The van der Waals surface area contributed by atoms with Gasteiger partial charge in [0.1, 0.15) is 5.03 Å². The van der Waals surface area contributed by atoms with Crippen LogP contribution in [-0.2, 0) is 4.79 Å². The lowest BCUT2D eigenvalue weighted by molar-refractivity contribution is -0.123. The molecule has 82 valence electrons. The Balaban J connectivity index is 2.50. The van der Waals surface area contributed by atoms with Crippen molar-refractivity contribution in [1.82, 2.24) is 10.4 Å². The molecule has 0 spiro atoms. The molecule has 0 aliphatic heterocycles. The second kappa shape index (κ2) is 6.09. The maximum absolute atomic E-state index is 11.1. The molecule has 0 bridgehead atoms. The quantitative estimate of drug-likeness (QED) is 0.382. The first-order chi connectivity index (χ1) is 7.15. The van der Waals surface area contributed by atoms with E-state index in [2.05, 4.69) is 26.3 Å². The highest BCUT2D eigenvalue weighted by atomic mass is 79.9. The van der Waals surface area contributed by atoms with Crippen molar-refractivity contribution < 1.29 is 4.79 Å². The van der Waals surface area contributed by atoms with Gasteiger partial charge in [0.15, 0.2) is 0 Å². The van der Waals surface area contributed by atoms with Gasteiger partial charge in [0.25, 0.3) is 0 Å². The Bertz CT molecular complexity index is 348. The van der Waals surface area contributed by atoms with Crippen molar-refractivity contribution in [2.45, 2.75) is 11.9 Å². The van der Waals surface area contributed by atoms with E-state index in [1.165, 1.54) is 11.8 Å². The fraction of sp³-hybridized carbons (Fsp3) is 0.333. The second-order valence-corrected chi connectivity index (χ2v) is 4.87. The number of hydrogen-bond acceptors (Lipinski definition) is 4. The van der Waals surface area contributed by atoms with Crippen LogP contribution in [0, 0.1) is 5.92 Å². The van der Waals surface area contributed by atoms with Gasteiger partial charge >= 0.3 is 0 Å². The highest BCUT2D eigenvalue weighted by molar-refractivity contribution is 9.10. The van der Waals surface area contributed by atoms with Crippen molar-refractivity contribution in [2.24, 2.45) is 11.8 Å². The van der Waals surface area contributed by atoms with Gasteiger partial charge in [-0.2, -0.15) is 0 Å². The third kappa shape index (κ3) is 3.81. The monoisotopic (exact) mass is 289 g/mol. The summed E-state index contributed by atoms with van der Waals surface area (Å²) in [5.74, 6) is 5.40. The minimum absolute atomic E-state index is 0.131. The molecule has 1 unspecified atom stereocenters. The average molecular weight is 290 g/mol. The summed E-state index contributed by atoms with van der Waals surface area (Å²) in [6.07, 6.45) is 1.72. The van der Waals surface area contributed by atoms with Crippen LogP contribution in [-0.4, -0.2) is 16.6 Å². The zero-order chi connectivity index (χ0) is 11.3. The van der Waals surface area contributed by atoms with E-state index < -0.39 is 0 Å². The molecule has 1 aromatic heterocycles. The van der Waals surface area contributed by atoms with Gasteiger partial charge in [-0.15, -0.1) is 11.8 Å². The molecule has 4 nitrogen and oxygen atoms in total. The predicted octanol–water partition coefficient (Wildman–Crippen LogP) is 1.56. The number of halogens is 1. The molecule has 0 saturated carbocycles. The molecule has 0 aromatic carbocycles. The molecule has 15 heavy (non-hydrogen) atoms. The number of carbonyl (C=O) groups is 1. The molecule has 1 aromatic rings. The van der Waals surface area contributed by atoms with Crippen LogP contribution in [0.1, 0.15) is 6.92 Å². The Morgan fingerprint density at radius 3 is 3.13 bits per heavy atom. The summed E-state index contributed by atoms with van der Waals surface area (Å²) in [7, 11) is 0. The summed E-state index contributed by atoms with van der Waals surface area (Å²) in [6.45, 7) is 1.83. The van der Waals surface area contributed by atoms with Gasteiger partial charge in [-0.3, -0.25) is 10.2 Å². The van der Waals surface area contributed by atoms with Crippen LogP contribution >= 0.6 is 27.7 Å². The predicted molar refractivity (Wildman–Crippen MR) is 64.2 cm³/mol. The van der Waals surface area contributed by atoms with Crippen molar-refractivity contribution in [1.29, 1.82) is 0 Å². The minimum atomic E-state index is -0.158.